The summed E-state index contributed by atoms with van der Waals surface area (Å²) in [5.41, 5.74) is 0.633. The molecule has 0 radical (unpaired) electrons. The van der Waals surface area contributed by atoms with E-state index in [2.05, 4.69) is 9.98 Å². The van der Waals surface area contributed by atoms with Crippen LogP contribution in [0.15, 0.2) is 29.5 Å². The summed E-state index contributed by atoms with van der Waals surface area (Å²) in [4.78, 5) is 18.8. The molecule has 4 nitrogen and oxygen atoms in total. The lowest BCUT2D eigenvalue weighted by atomic mass is 10.4. The highest BCUT2D eigenvalue weighted by atomic mass is 16.5. The van der Waals surface area contributed by atoms with E-state index < -0.39 is 5.97 Å². The average Bonchev–Trinajstić information content (AvgIpc) is 2.15. The summed E-state index contributed by atoms with van der Waals surface area (Å²) in [7, 11) is 0. The van der Waals surface area contributed by atoms with Gasteiger partial charge in [-0.25, -0.2) is 9.79 Å². The maximum absolute atomic E-state index is 11.0. The van der Waals surface area contributed by atoms with Gasteiger partial charge in [-0.1, -0.05) is 0 Å². The van der Waals surface area contributed by atoms with Crippen molar-refractivity contribution in [3.8, 4) is 0 Å². The summed E-state index contributed by atoms with van der Waals surface area (Å²) < 4.78 is 4.86. The molecule has 1 heterocycles. The van der Waals surface area contributed by atoms with Crippen LogP contribution < -0.4 is 0 Å². The molecule has 74 valence electrons. The summed E-state index contributed by atoms with van der Waals surface area (Å²) in [6, 6.07) is 3.51. The number of ether oxygens (including phenoxy) is 1. The van der Waals surface area contributed by atoms with Gasteiger partial charge >= 0.3 is 5.97 Å². The van der Waals surface area contributed by atoms with Crippen LogP contribution in [0.4, 0.5) is 5.69 Å². The van der Waals surface area contributed by atoms with Gasteiger partial charge in [0.1, 0.15) is 6.21 Å². The smallest absolute Gasteiger partial charge is 0.349 e. The van der Waals surface area contributed by atoms with Crippen LogP contribution in [0.25, 0.3) is 0 Å². The van der Waals surface area contributed by atoms with Crippen molar-refractivity contribution >= 4 is 17.9 Å². The Labute approximate surface area is 82.6 Å². The topological polar surface area (TPSA) is 51.5 Å². The molecule has 0 saturated heterocycles. The predicted molar refractivity (Wildman–Crippen MR) is 53.6 cm³/mol. The Morgan fingerprint density at radius 1 is 1.64 bits per heavy atom. The van der Waals surface area contributed by atoms with Gasteiger partial charge in [0.2, 0.25) is 0 Å². The van der Waals surface area contributed by atoms with Crippen molar-refractivity contribution in [3.05, 3.63) is 24.5 Å². The molecule has 0 aliphatic heterocycles. The van der Waals surface area contributed by atoms with Gasteiger partial charge in [-0.3, -0.25) is 4.98 Å². The highest BCUT2D eigenvalue weighted by Gasteiger charge is 2.00. The maximum Gasteiger partial charge on any atom is 0.349 e. The Balaban J connectivity index is 2.52. The maximum atomic E-state index is 11.0. The molecule has 1 aromatic heterocycles. The molecule has 0 aliphatic carbocycles. The van der Waals surface area contributed by atoms with E-state index in [0.717, 1.165) is 6.21 Å². The third-order valence-corrected chi connectivity index (χ3v) is 1.32. The van der Waals surface area contributed by atoms with Crippen LogP contribution in [0.3, 0.4) is 0 Å². The van der Waals surface area contributed by atoms with Gasteiger partial charge in [-0.15, -0.1) is 0 Å². The highest BCUT2D eigenvalue weighted by molar-refractivity contribution is 6.23. The second-order valence-electron chi connectivity index (χ2n) is 2.96. The van der Waals surface area contributed by atoms with Crippen molar-refractivity contribution < 1.29 is 9.53 Å². The minimum absolute atomic E-state index is 0.122. The number of hydrogen-bond donors (Lipinski definition) is 0. The predicted octanol–water partition coefficient (Wildman–Crippen LogP) is 1.74. The van der Waals surface area contributed by atoms with Crippen molar-refractivity contribution in [1.29, 1.82) is 0 Å². The number of rotatable bonds is 3. The van der Waals surface area contributed by atoms with E-state index in [1.807, 2.05) is 0 Å². The molecule has 0 spiro atoms. The number of nitrogens with zero attached hydrogens (tertiary/aromatic N) is 2. The second-order valence-corrected chi connectivity index (χ2v) is 2.96. The minimum Gasteiger partial charge on any atom is -0.459 e. The van der Waals surface area contributed by atoms with Gasteiger partial charge < -0.3 is 4.74 Å². The van der Waals surface area contributed by atoms with Crippen LogP contribution in [0.2, 0.25) is 0 Å². The van der Waals surface area contributed by atoms with Crippen LogP contribution in [0.5, 0.6) is 0 Å². The standard InChI is InChI=1S/C10H12N2O2/c1-8(2)14-10(13)7-12-9-4-3-5-11-6-9/h3-8H,1-2H3. The van der Waals surface area contributed by atoms with Crippen molar-refractivity contribution in [2.45, 2.75) is 20.0 Å². The molecule has 0 bridgehead atoms. The van der Waals surface area contributed by atoms with Gasteiger partial charge in [0.15, 0.2) is 0 Å². The van der Waals surface area contributed by atoms with Crippen molar-refractivity contribution in [2.24, 2.45) is 4.99 Å². The average molecular weight is 192 g/mol. The van der Waals surface area contributed by atoms with E-state index >= 15 is 0 Å². The van der Waals surface area contributed by atoms with E-state index in [0.29, 0.717) is 5.69 Å². The monoisotopic (exact) mass is 192 g/mol. The Morgan fingerprint density at radius 2 is 2.43 bits per heavy atom. The first kappa shape index (κ1) is 10.4. The molecule has 0 unspecified atom stereocenters. The number of hydrogen-bond acceptors (Lipinski definition) is 4. The van der Waals surface area contributed by atoms with Gasteiger partial charge in [0.05, 0.1) is 18.0 Å². The summed E-state index contributed by atoms with van der Waals surface area (Å²) >= 11 is 0. The molecule has 0 aliphatic rings. The van der Waals surface area contributed by atoms with E-state index in [1.165, 1.54) is 0 Å². The first-order valence-electron chi connectivity index (χ1n) is 4.33. The lowest BCUT2D eigenvalue weighted by molar-refractivity contribution is -0.138. The molecular formula is C10H12N2O2. The van der Waals surface area contributed by atoms with Crippen LogP contribution in [0, 0.1) is 0 Å². The summed E-state index contributed by atoms with van der Waals surface area (Å²) in [5.74, 6) is -0.441. The Bertz CT molecular complexity index is 320. The van der Waals surface area contributed by atoms with E-state index in [-0.39, 0.29) is 6.10 Å². The fourth-order valence-corrected chi connectivity index (χ4v) is 0.820. The number of aliphatic imine (C=N–C) groups is 1. The number of pyridine rings is 1. The van der Waals surface area contributed by atoms with E-state index in [9.17, 15) is 4.79 Å². The quantitative estimate of drug-likeness (QED) is 0.541. The molecule has 4 heteroatoms. The molecule has 1 aromatic rings. The first-order valence-corrected chi connectivity index (χ1v) is 4.33. The number of esters is 1. The number of aromatic nitrogens is 1. The van der Waals surface area contributed by atoms with Crippen LogP contribution in [-0.4, -0.2) is 23.3 Å². The SMILES string of the molecule is CC(C)OC(=O)C=Nc1cccnc1. The van der Waals surface area contributed by atoms with Crippen LogP contribution in [-0.2, 0) is 9.53 Å². The van der Waals surface area contributed by atoms with Crippen molar-refractivity contribution in [1.82, 2.24) is 4.98 Å². The summed E-state index contributed by atoms with van der Waals surface area (Å²) in [6.45, 7) is 3.58. The zero-order valence-electron chi connectivity index (χ0n) is 8.18. The molecule has 0 saturated carbocycles. The summed E-state index contributed by atoms with van der Waals surface area (Å²) in [5, 5.41) is 0. The fraction of sp³-hybridized carbons (Fsp3) is 0.300. The largest absolute Gasteiger partial charge is 0.459 e. The molecule has 0 aromatic carbocycles. The normalized spacial score (nSPS) is 10.8. The second kappa shape index (κ2) is 5.11. The van der Waals surface area contributed by atoms with Gasteiger partial charge in [-0.05, 0) is 26.0 Å². The van der Waals surface area contributed by atoms with Gasteiger partial charge in [0, 0.05) is 6.20 Å². The lowest BCUT2D eigenvalue weighted by Crippen LogP contribution is -2.11. The van der Waals surface area contributed by atoms with Gasteiger partial charge in [0.25, 0.3) is 0 Å². The van der Waals surface area contributed by atoms with Gasteiger partial charge in [-0.2, -0.15) is 0 Å². The fourth-order valence-electron chi connectivity index (χ4n) is 0.820. The lowest BCUT2D eigenvalue weighted by Gasteiger charge is -2.03. The minimum atomic E-state index is -0.441. The molecular weight excluding hydrogens is 180 g/mol. The van der Waals surface area contributed by atoms with Crippen molar-refractivity contribution in [3.63, 3.8) is 0 Å². The highest BCUT2D eigenvalue weighted by Crippen LogP contribution is 2.06. The zero-order valence-corrected chi connectivity index (χ0v) is 8.18. The zero-order chi connectivity index (χ0) is 10.4. The molecule has 0 fully saturated rings. The van der Waals surface area contributed by atoms with Crippen molar-refractivity contribution in [2.75, 3.05) is 0 Å². The third kappa shape index (κ3) is 3.80. The van der Waals surface area contributed by atoms with Crippen LogP contribution in [0.1, 0.15) is 13.8 Å². The Hall–Kier alpha value is -1.71. The summed E-state index contributed by atoms with van der Waals surface area (Å²) in [6.07, 6.45) is 4.24. The number of carbonyl (C=O) groups is 1. The molecule has 0 atom stereocenters. The molecule has 14 heavy (non-hydrogen) atoms. The molecule has 0 amide bonds. The Kier molecular flexibility index (Phi) is 3.79. The van der Waals surface area contributed by atoms with E-state index in [4.69, 9.17) is 4.74 Å². The molecule has 0 N–H and O–H groups in total. The van der Waals surface area contributed by atoms with Crippen LogP contribution >= 0.6 is 0 Å². The Morgan fingerprint density at radius 3 is 3.00 bits per heavy atom. The number of carbonyl (C=O) groups excluding carboxylic acids is 1. The first-order chi connectivity index (χ1) is 6.68. The van der Waals surface area contributed by atoms with E-state index in [1.54, 1.807) is 38.4 Å². The molecule has 1 rings (SSSR count). The third-order valence-electron chi connectivity index (χ3n) is 1.32.